The number of benzene rings is 2. The normalized spacial score (nSPS) is 10.6. The first-order chi connectivity index (χ1) is 10.2. The van der Waals surface area contributed by atoms with E-state index in [1.807, 2.05) is 49.4 Å². The minimum Gasteiger partial charge on any atom is -0.493 e. The number of rotatable bonds is 3. The lowest BCUT2D eigenvalue weighted by Gasteiger charge is -2.10. The standard InChI is InChI=1S/C17H16N2O2/c1-11-13-6-4-5-7-14(13)19-17(18-11)12-8-9-15(20-2)16(10-12)21-3/h4-10H,1-3H3. The third-order valence-corrected chi connectivity index (χ3v) is 3.44. The van der Waals surface area contributed by atoms with E-state index < -0.39 is 0 Å². The van der Waals surface area contributed by atoms with Gasteiger partial charge in [0, 0.05) is 16.6 Å². The van der Waals surface area contributed by atoms with Gasteiger partial charge in [-0.3, -0.25) is 0 Å². The SMILES string of the molecule is COc1ccc(-c2nc(C)c3ccccc3n2)cc1OC. The molecule has 4 nitrogen and oxygen atoms in total. The highest BCUT2D eigenvalue weighted by Gasteiger charge is 2.10. The number of aromatic nitrogens is 2. The van der Waals surface area contributed by atoms with E-state index in [2.05, 4.69) is 9.97 Å². The van der Waals surface area contributed by atoms with E-state index in [0.29, 0.717) is 17.3 Å². The molecule has 0 N–H and O–H groups in total. The number of nitrogens with zero attached hydrogens (tertiary/aromatic N) is 2. The molecule has 0 aliphatic heterocycles. The van der Waals surface area contributed by atoms with E-state index in [1.165, 1.54) is 0 Å². The van der Waals surface area contributed by atoms with Crippen LogP contribution in [0.2, 0.25) is 0 Å². The number of hydrogen-bond donors (Lipinski definition) is 0. The molecule has 0 amide bonds. The van der Waals surface area contributed by atoms with Crippen molar-refractivity contribution in [1.82, 2.24) is 9.97 Å². The topological polar surface area (TPSA) is 44.2 Å². The average Bonchev–Trinajstić information content (AvgIpc) is 2.54. The molecule has 0 unspecified atom stereocenters. The van der Waals surface area contributed by atoms with E-state index in [9.17, 15) is 0 Å². The largest absolute Gasteiger partial charge is 0.493 e. The Kier molecular flexibility index (Phi) is 3.44. The van der Waals surface area contributed by atoms with Crippen molar-refractivity contribution in [1.29, 1.82) is 0 Å². The van der Waals surface area contributed by atoms with Crippen LogP contribution in [-0.2, 0) is 0 Å². The monoisotopic (exact) mass is 280 g/mol. The maximum absolute atomic E-state index is 5.34. The molecule has 0 aliphatic carbocycles. The molecule has 0 radical (unpaired) electrons. The second kappa shape index (κ2) is 5.40. The number of aryl methyl sites for hydroxylation is 1. The Morgan fingerprint density at radius 2 is 1.62 bits per heavy atom. The van der Waals surface area contributed by atoms with Crippen molar-refractivity contribution in [3.05, 3.63) is 48.2 Å². The van der Waals surface area contributed by atoms with Crippen molar-refractivity contribution in [2.75, 3.05) is 14.2 Å². The first-order valence-corrected chi connectivity index (χ1v) is 6.68. The van der Waals surface area contributed by atoms with Crippen LogP contribution in [0.1, 0.15) is 5.69 Å². The van der Waals surface area contributed by atoms with Gasteiger partial charge in [0.15, 0.2) is 17.3 Å². The molecule has 3 rings (SSSR count). The minimum absolute atomic E-state index is 0.671. The highest BCUT2D eigenvalue weighted by molar-refractivity contribution is 5.82. The van der Waals surface area contributed by atoms with Crippen LogP contribution in [-0.4, -0.2) is 24.2 Å². The van der Waals surface area contributed by atoms with E-state index >= 15 is 0 Å². The molecule has 0 spiro atoms. The summed E-state index contributed by atoms with van der Waals surface area (Å²) >= 11 is 0. The van der Waals surface area contributed by atoms with Crippen molar-refractivity contribution < 1.29 is 9.47 Å². The zero-order valence-corrected chi connectivity index (χ0v) is 12.3. The predicted octanol–water partition coefficient (Wildman–Crippen LogP) is 3.62. The second-order valence-electron chi connectivity index (χ2n) is 4.72. The highest BCUT2D eigenvalue weighted by Crippen LogP contribution is 2.31. The van der Waals surface area contributed by atoms with Gasteiger partial charge >= 0.3 is 0 Å². The molecular weight excluding hydrogens is 264 g/mol. The van der Waals surface area contributed by atoms with Crippen molar-refractivity contribution >= 4 is 10.9 Å². The first kappa shape index (κ1) is 13.4. The fourth-order valence-electron chi connectivity index (χ4n) is 2.34. The third kappa shape index (κ3) is 2.40. The van der Waals surface area contributed by atoms with Crippen LogP contribution in [0.15, 0.2) is 42.5 Å². The minimum atomic E-state index is 0.671. The predicted molar refractivity (Wildman–Crippen MR) is 82.8 cm³/mol. The molecular formula is C17H16N2O2. The summed E-state index contributed by atoms with van der Waals surface area (Å²) < 4.78 is 10.6. The van der Waals surface area contributed by atoms with Crippen LogP contribution in [0, 0.1) is 6.92 Å². The van der Waals surface area contributed by atoms with Gasteiger partial charge in [0.2, 0.25) is 0 Å². The molecule has 21 heavy (non-hydrogen) atoms. The van der Waals surface area contributed by atoms with E-state index in [1.54, 1.807) is 14.2 Å². The quantitative estimate of drug-likeness (QED) is 0.735. The molecule has 2 aromatic carbocycles. The fraction of sp³-hybridized carbons (Fsp3) is 0.176. The molecule has 0 atom stereocenters. The van der Waals surface area contributed by atoms with Crippen molar-refractivity contribution in [2.24, 2.45) is 0 Å². The summed E-state index contributed by atoms with van der Waals surface area (Å²) in [6.45, 7) is 1.99. The summed E-state index contributed by atoms with van der Waals surface area (Å²) in [6.07, 6.45) is 0. The first-order valence-electron chi connectivity index (χ1n) is 6.68. The summed E-state index contributed by atoms with van der Waals surface area (Å²) in [6, 6.07) is 13.7. The summed E-state index contributed by atoms with van der Waals surface area (Å²) in [4.78, 5) is 9.22. The van der Waals surface area contributed by atoms with Crippen LogP contribution < -0.4 is 9.47 Å². The molecule has 106 valence electrons. The second-order valence-corrected chi connectivity index (χ2v) is 4.72. The van der Waals surface area contributed by atoms with Crippen molar-refractivity contribution in [3.63, 3.8) is 0 Å². The Bertz CT molecular complexity index is 800. The third-order valence-electron chi connectivity index (χ3n) is 3.44. The van der Waals surface area contributed by atoms with Gasteiger partial charge < -0.3 is 9.47 Å². The van der Waals surface area contributed by atoms with Crippen LogP contribution in [0.3, 0.4) is 0 Å². The number of methoxy groups -OCH3 is 2. The van der Waals surface area contributed by atoms with Gasteiger partial charge in [-0.1, -0.05) is 18.2 Å². The zero-order chi connectivity index (χ0) is 14.8. The Morgan fingerprint density at radius 1 is 0.857 bits per heavy atom. The van der Waals surface area contributed by atoms with Crippen LogP contribution in [0.4, 0.5) is 0 Å². The zero-order valence-electron chi connectivity index (χ0n) is 12.3. The molecule has 0 saturated heterocycles. The Balaban J connectivity index is 2.16. The molecule has 1 aromatic heterocycles. The summed E-state index contributed by atoms with van der Waals surface area (Å²) in [7, 11) is 3.24. The summed E-state index contributed by atoms with van der Waals surface area (Å²) in [5.74, 6) is 2.05. The lowest BCUT2D eigenvalue weighted by Crippen LogP contribution is -1.96. The summed E-state index contributed by atoms with van der Waals surface area (Å²) in [5, 5.41) is 1.07. The Labute approximate surface area is 123 Å². The van der Waals surface area contributed by atoms with E-state index in [0.717, 1.165) is 22.2 Å². The Morgan fingerprint density at radius 3 is 2.38 bits per heavy atom. The van der Waals surface area contributed by atoms with Crippen LogP contribution in [0.5, 0.6) is 11.5 Å². The summed E-state index contributed by atoms with van der Waals surface area (Å²) in [5.41, 5.74) is 2.81. The maximum Gasteiger partial charge on any atom is 0.161 e. The van der Waals surface area contributed by atoms with Gasteiger partial charge in [0.25, 0.3) is 0 Å². The van der Waals surface area contributed by atoms with E-state index in [4.69, 9.17) is 9.47 Å². The fourth-order valence-corrected chi connectivity index (χ4v) is 2.34. The van der Waals surface area contributed by atoms with Gasteiger partial charge in [-0.15, -0.1) is 0 Å². The van der Waals surface area contributed by atoms with Crippen molar-refractivity contribution in [3.8, 4) is 22.9 Å². The van der Waals surface area contributed by atoms with Crippen LogP contribution in [0.25, 0.3) is 22.3 Å². The number of fused-ring (bicyclic) bond motifs is 1. The smallest absolute Gasteiger partial charge is 0.161 e. The molecule has 1 heterocycles. The van der Waals surface area contributed by atoms with E-state index in [-0.39, 0.29) is 0 Å². The Hall–Kier alpha value is -2.62. The van der Waals surface area contributed by atoms with Crippen molar-refractivity contribution in [2.45, 2.75) is 6.92 Å². The lowest BCUT2D eigenvalue weighted by atomic mass is 10.1. The van der Waals surface area contributed by atoms with Gasteiger partial charge in [0.05, 0.1) is 19.7 Å². The molecule has 0 fully saturated rings. The maximum atomic E-state index is 5.34. The molecule has 0 bridgehead atoms. The number of hydrogen-bond acceptors (Lipinski definition) is 4. The van der Waals surface area contributed by atoms with Gasteiger partial charge in [-0.05, 0) is 31.2 Å². The number of para-hydroxylation sites is 1. The number of ether oxygens (including phenoxy) is 2. The van der Waals surface area contributed by atoms with Gasteiger partial charge in [-0.25, -0.2) is 9.97 Å². The molecule has 3 aromatic rings. The van der Waals surface area contributed by atoms with Gasteiger partial charge in [-0.2, -0.15) is 0 Å². The average molecular weight is 280 g/mol. The highest BCUT2D eigenvalue weighted by atomic mass is 16.5. The molecule has 4 heteroatoms. The lowest BCUT2D eigenvalue weighted by molar-refractivity contribution is 0.355. The van der Waals surface area contributed by atoms with Gasteiger partial charge in [0.1, 0.15) is 0 Å². The molecule has 0 aliphatic rings. The van der Waals surface area contributed by atoms with Crippen LogP contribution >= 0.6 is 0 Å². The molecule has 0 saturated carbocycles.